The van der Waals surface area contributed by atoms with Crippen molar-refractivity contribution < 1.29 is 14.3 Å². The van der Waals surface area contributed by atoms with E-state index in [1.807, 2.05) is 30.3 Å². The molecule has 2 aliphatic rings. The van der Waals surface area contributed by atoms with Gasteiger partial charge >= 0.3 is 0 Å². The van der Waals surface area contributed by atoms with E-state index in [4.69, 9.17) is 9.47 Å². The van der Waals surface area contributed by atoms with Gasteiger partial charge in [-0.05, 0) is 41.5 Å². The zero-order valence-corrected chi connectivity index (χ0v) is 19.6. The molecule has 9 heteroatoms. The molecule has 0 bridgehead atoms. The molecule has 5 rings (SSSR count). The van der Waals surface area contributed by atoms with Crippen LogP contribution in [0.15, 0.2) is 42.7 Å². The lowest BCUT2D eigenvalue weighted by Crippen LogP contribution is -2.43. The lowest BCUT2D eigenvalue weighted by atomic mass is 10.1. The van der Waals surface area contributed by atoms with Gasteiger partial charge in [-0.3, -0.25) is 9.78 Å². The summed E-state index contributed by atoms with van der Waals surface area (Å²) in [6.07, 6.45) is 3.49. The maximum absolute atomic E-state index is 13.1. The van der Waals surface area contributed by atoms with E-state index in [0.29, 0.717) is 4.88 Å². The predicted octanol–water partition coefficient (Wildman–Crippen LogP) is 3.34. The molecule has 0 saturated carbocycles. The summed E-state index contributed by atoms with van der Waals surface area (Å²) < 4.78 is 10.9. The van der Waals surface area contributed by atoms with Gasteiger partial charge in [-0.1, -0.05) is 0 Å². The highest BCUT2D eigenvalue weighted by Gasteiger charge is 2.24. The zero-order chi connectivity index (χ0) is 22.8. The second-order valence-electron chi connectivity index (χ2n) is 8.05. The van der Waals surface area contributed by atoms with Crippen LogP contribution < -0.4 is 29.9 Å². The number of amides is 1. The third-order valence-corrected chi connectivity index (χ3v) is 7.20. The number of hydrogen-bond donors (Lipinski definition) is 2. The quantitative estimate of drug-likeness (QED) is 0.578. The number of thiophene rings is 1. The molecule has 1 amide bonds. The lowest BCUT2D eigenvalue weighted by molar-refractivity contribution is 0.103. The molecule has 2 N–H and O–H groups in total. The number of carbonyl (C=O) groups excluding carboxylic acids is 1. The van der Waals surface area contributed by atoms with Crippen molar-refractivity contribution in [1.82, 2.24) is 10.3 Å². The number of anilines is 3. The van der Waals surface area contributed by atoms with Gasteiger partial charge in [0.25, 0.3) is 5.91 Å². The van der Waals surface area contributed by atoms with Crippen LogP contribution in [0.2, 0.25) is 0 Å². The summed E-state index contributed by atoms with van der Waals surface area (Å²) in [5.41, 5.74) is 4.17. The highest BCUT2D eigenvalue weighted by Crippen LogP contribution is 2.38. The van der Waals surface area contributed by atoms with Crippen LogP contribution in [-0.4, -0.2) is 51.3 Å². The van der Waals surface area contributed by atoms with E-state index in [9.17, 15) is 4.79 Å². The molecular weight excluding hydrogens is 438 g/mol. The molecule has 0 spiro atoms. The van der Waals surface area contributed by atoms with Gasteiger partial charge in [0, 0.05) is 45.5 Å². The van der Waals surface area contributed by atoms with Crippen LogP contribution in [0.25, 0.3) is 0 Å². The average molecular weight is 466 g/mol. The van der Waals surface area contributed by atoms with Gasteiger partial charge in [0.15, 0.2) is 11.5 Å². The van der Waals surface area contributed by atoms with Crippen LogP contribution in [0.1, 0.15) is 20.8 Å². The van der Waals surface area contributed by atoms with Gasteiger partial charge in [0.2, 0.25) is 0 Å². The number of hydrogen-bond acceptors (Lipinski definition) is 8. The van der Waals surface area contributed by atoms with Gasteiger partial charge in [0.05, 0.1) is 41.7 Å². The summed E-state index contributed by atoms with van der Waals surface area (Å²) in [7, 11) is 3.30. The van der Waals surface area contributed by atoms with Gasteiger partial charge in [-0.25, -0.2) is 0 Å². The number of methoxy groups -OCH3 is 2. The summed E-state index contributed by atoms with van der Waals surface area (Å²) in [4.78, 5) is 22.5. The maximum atomic E-state index is 13.1. The van der Waals surface area contributed by atoms with Crippen molar-refractivity contribution >= 4 is 33.6 Å². The number of fused-ring (bicyclic) bond motifs is 1. The van der Waals surface area contributed by atoms with Crippen molar-refractivity contribution in [3.8, 4) is 11.5 Å². The molecule has 0 unspecified atom stereocenters. The average Bonchev–Trinajstić information content (AvgIpc) is 3.51. The Morgan fingerprint density at radius 2 is 1.73 bits per heavy atom. The van der Waals surface area contributed by atoms with E-state index in [1.165, 1.54) is 22.5 Å². The first-order chi connectivity index (χ1) is 16.2. The topological polar surface area (TPSA) is 79.0 Å². The van der Waals surface area contributed by atoms with E-state index >= 15 is 0 Å². The first-order valence-electron chi connectivity index (χ1n) is 11.0. The van der Waals surface area contributed by atoms with Crippen LogP contribution in [0.5, 0.6) is 11.5 Å². The molecule has 2 aliphatic heterocycles. The number of rotatable bonds is 6. The number of pyridine rings is 1. The SMILES string of the molecule is COc1cc2c(cc1OC)CN(c1ccc(C(=O)Nc3cnccc3N3CCNCC3)s1)C2. The van der Waals surface area contributed by atoms with Gasteiger partial charge in [-0.2, -0.15) is 0 Å². The Balaban J connectivity index is 1.30. The second kappa shape index (κ2) is 9.29. The van der Waals surface area contributed by atoms with Crippen LogP contribution in [0.3, 0.4) is 0 Å². The fourth-order valence-corrected chi connectivity index (χ4v) is 5.25. The highest BCUT2D eigenvalue weighted by molar-refractivity contribution is 7.18. The molecular formula is C24H27N5O3S. The molecule has 172 valence electrons. The van der Waals surface area contributed by atoms with Gasteiger partial charge in [0.1, 0.15) is 0 Å². The Morgan fingerprint density at radius 3 is 2.39 bits per heavy atom. The smallest absolute Gasteiger partial charge is 0.265 e. The van der Waals surface area contributed by atoms with Crippen molar-refractivity contribution in [2.45, 2.75) is 13.1 Å². The first kappa shape index (κ1) is 21.5. The number of benzene rings is 1. The summed E-state index contributed by atoms with van der Waals surface area (Å²) in [6, 6.07) is 9.94. The molecule has 1 aromatic carbocycles. The predicted molar refractivity (Wildman–Crippen MR) is 131 cm³/mol. The summed E-state index contributed by atoms with van der Waals surface area (Å²) in [5.74, 6) is 1.36. The molecule has 0 aliphatic carbocycles. The number of piperazine rings is 1. The Morgan fingerprint density at radius 1 is 1.03 bits per heavy atom. The molecule has 4 heterocycles. The number of aromatic nitrogens is 1. The van der Waals surface area contributed by atoms with E-state index in [1.54, 1.807) is 26.6 Å². The van der Waals surface area contributed by atoms with E-state index in [-0.39, 0.29) is 5.91 Å². The first-order valence-corrected chi connectivity index (χ1v) is 11.8. The molecule has 0 radical (unpaired) electrons. The van der Waals surface area contributed by atoms with Crippen LogP contribution in [0.4, 0.5) is 16.4 Å². The van der Waals surface area contributed by atoms with E-state index in [0.717, 1.165) is 67.1 Å². The van der Waals surface area contributed by atoms with Crippen molar-refractivity contribution in [3.63, 3.8) is 0 Å². The summed E-state index contributed by atoms with van der Waals surface area (Å²) in [5, 5.41) is 7.49. The maximum Gasteiger partial charge on any atom is 0.265 e. The van der Waals surface area contributed by atoms with E-state index in [2.05, 4.69) is 25.4 Å². The minimum Gasteiger partial charge on any atom is -0.493 e. The molecule has 2 aromatic heterocycles. The zero-order valence-electron chi connectivity index (χ0n) is 18.8. The number of nitrogens with one attached hydrogen (secondary N) is 2. The Bertz CT molecular complexity index is 1130. The normalized spacial score (nSPS) is 15.3. The molecule has 33 heavy (non-hydrogen) atoms. The van der Waals surface area contributed by atoms with Gasteiger partial charge < -0.3 is 29.9 Å². The minimum atomic E-state index is -0.115. The third-order valence-electron chi connectivity index (χ3n) is 6.06. The van der Waals surface area contributed by atoms with Crippen LogP contribution in [0, 0.1) is 0 Å². The molecule has 1 fully saturated rings. The highest BCUT2D eigenvalue weighted by atomic mass is 32.1. The van der Waals surface area contributed by atoms with Crippen molar-refractivity contribution in [1.29, 1.82) is 0 Å². The number of ether oxygens (including phenoxy) is 2. The van der Waals surface area contributed by atoms with Crippen LogP contribution >= 0.6 is 11.3 Å². The fourth-order valence-electron chi connectivity index (χ4n) is 4.35. The number of nitrogens with zero attached hydrogens (tertiary/aromatic N) is 3. The Kier molecular flexibility index (Phi) is 6.06. The monoisotopic (exact) mass is 465 g/mol. The second-order valence-corrected chi connectivity index (χ2v) is 9.12. The van der Waals surface area contributed by atoms with Crippen molar-refractivity contribution in [2.75, 3.05) is 55.5 Å². The lowest BCUT2D eigenvalue weighted by Gasteiger charge is -2.30. The third kappa shape index (κ3) is 4.34. The minimum absolute atomic E-state index is 0.115. The standard InChI is InChI=1S/C24H27N5O3S/c1-31-20-11-16-14-29(15-17(16)12-21(20)32-2)23-4-3-22(33-23)24(30)27-18-13-26-6-5-19(18)28-9-7-25-8-10-28/h3-6,11-13,25H,7-10,14-15H2,1-2H3,(H,27,30). The number of carbonyl (C=O) groups is 1. The van der Waals surface area contributed by atoms with Gasteiger partial charge in [-0.15, -0.1) is 11.3 Å². The molecule has 8 nitrogen and oxygen atoms in total. The van der Waals surface area contributed by atoms with Crippen LogP contribution in [-0.2, 0) is 13.1 Å². The molecule has 3 aromatic rings. The van der Waals surface area contributed by atoms with Crippen molar-refractivity contribution in [3.05, 3.63) is 58.7 Å². The summed E-state index contributed by atoms with van der Waals surface area (Å²) >= 11 is 1.50. The fraction of sp³-hybridized carbons (Fsp3) is 0.333. The summed E-state index contributed by atoms with van der Waals surface area (Å²) in [6.45, 7) is 5.21. The van der Waals surface area contributed by atoms with Crippen molar-refractivity contribution in [2.24, 2.45) is 0 Å². The largest absolute Gasteiger partial charge is 0.493 e. The molecule has 1 saturated heterocycles. The Labute approximate surface area is 197 Å². The van der Waals surface area contributed by atoms with E-state index < -0.39 is 0 Å². The molecule has 0 atom stereocenters. The Hall–Kier alpha value is -3.30.